The van der Waals surface area contributed by atoms with Gasteiger partial charge in [0.15, 0.2) is 0 Å². The zero-order valence-electron chi connectivity index (χ0n) is 17.2. The lowest BCUT2D eigenvalue weighted by molar-refractivity contribution is -0.125. The smallest absolute Gasteiger partial charge is 0.260 e. The molecule has 1 aliphatic rings. The fourth-order valence-corrected chi connectivity index (χ4v) is 3.67. The van der Waals surface area contributed by atoms with E-state index in [0.717, 1.165) is 33.8 Å². The van der Waals surface area contributed by atoms with Crippen LogP contribution in [0.4, 0.5) is 11.4 Å². The molecule has 1 aromatic heterocycles. The number of imide groups is 1. The maximum absolute atomic E-state index is 12.6. The number of anilines is 2. The molecule has 2 atom stereocenters. The van der Waals surface area contributed by atoms with Gasteiger partial charge in [0.05, 0.1) is 12.2 Å². The van der Waals surface area contributed by atoms with E-state index in [4.69, 9.17) is 4.42 Å². The Morgan fingerprint density at radius 2 is 1.97 bits per heavy atom. The summed E-state index contributed by atoms with van der Waals surface area (Å²) in [5, 5.41) is 7.04. The van der Waals surface area contributed by atoms with Gasteiger partial charge in [0.1, 0.15) is 6.26 Å². The summed E-state index contributed by atoms with van der Waals surface area (Å²) in [6.45, 7) is 3.51. The summed E-state index contributed by atoms with van der Waals surface area (Å²) in [6.07, 6.45) is 4.03. The van der Waals surface area contributed by atoms with Crippen LogP contribution in [-0.2, 0) is 4.79 Å². The average molecular weight is 404 g/mol. The van der Waals surface area contributed by atoms with Crippen LogP contribution >= 0.6 is 0 Å². The number of fused-ring (bicyclic) bond motifs is 1. The van der Waals surface area contributed by atoms with Gasteiger partial charge >= 0.3 is 0 Å². The molecule has 0 saturated heterocycles. The fraction of sp³-hybridized carbons (Fsp3) is 0.261. The Morgan fingerprint density at radius 3 is 2.63 bits per heavy atom. The zero-order valence-corrected chi connectivity index (χ0v) is 17.2. The first-order valence-corrected chi connectivity index (χ1v) is 9.88. The third kappa shape index (κ3) is 3.91. The van der Waals surface area contributed by atoms with Crippen LogP contribution in [0.25, 0.3) is 11.5 Å². The van der Waals surface area contributed by atoms with Gasteiger partial charge in [-0.15, -0.1) is 0 Å². The molecule has 2 N–H and O–H groups in total. The van der Waals surface area contributed by atoms with Crippen molar-refractivity contribution < 1.29 is 14.0 Å². The first-order chi connectivity index (χ1) is 14.4. The van der Waals surface area contributed by atoms with Crippen LogP contribution in [0.2, 0.25) is 0 Å². The number of hydrogen-bond donors (Lipinski definition) is 2. The summed E-state index contributed by atoms with van der Waals surface area (Å²) in [7, 11) is 1.50. The van der Waals surface area contributed by atoms with Gasteiger partial charge in [-0.3, -0.25) is 14.5 Å². The Morgan fingerprint density at radius 1 is 1.20 bits per heavy atom. The molecule has 0 spiro atoms. The molecule has 154 valence electrons. The molecule has 3 aromatic rings. The predicted octanol–water partition coefficient (Wildman–Crippen LogP) is 4.32. The largest absolute Gasteiger partial charge is 0.445 e. The molecule has 2 unspecified atom stereocenters. The third-order valence-corrected chi connectivity index (χ3v) is 5.35. The molecule has 0 bridgehead atoms. The van der Waals surface area contributed by atoms with Gasteiger partial charge in [0.2, 0.25) is 11.8 Å². The van der Waals surface area contributed by atoms with Crippen LogP contribution in [0, 0.1) is 0 Å². The Labute approximate surface area is 175 Å². The monoisotopic (exact) mass is 404 g/mol. The highest BCUT2D eigenvalue weighted by Crippen LogP contribution is 2.36. The number of carbonyl (C=O) groups excluding carboxylic acids is 2. The predicted molar refractivity (Wildman–Crippen MR) is 115 cm³/mol. The molecular formula is C23H24N4O3. The molecule has 7 heteroatoms. The van der Waals surface area contributed by atoms with E-state index in [9.17, 15) is 9.59 Å². The second-order valence-corrected chi connectivity index (χ2v) is 7.58. The second-order valence-electron chi connectivity index (χ2n) is 7.58. The van der Waals surface area contributed by atoms with Gasteiger partial charge < -0.3 is 15.1 Å². The lowest BCUT2D eigenvalue weighted by atomic mass is 9.91. The number of amides is 2. The number of hydrogen-bond acceptors (Lipinski definition) is 6. The minimum atomic E-state index is -0.307. The van der Waals surface area contributed by atoms with Gasteiger partial charge in [-0.2, -0.15) is 0 Å². The Hall–Kier alpha value is -3.61. The molecule has 0 radical (unpaired) electrons. The first-order valence-electron chi connectivity index (χ1n) is 9.88. The van der Waals surface area contributed by atoms with E-state index in [-0.39, 0.29) is 23.9 Å². The lowest BCUT2D eigenvalue weighted by Gasteiger charge is -2.33. The Balaban J connectivity index is 1.59. The second kappa shape index (κ2) is 8.02. The topological polar surface area (TPSA) is 87.5 Å². The molecule has 2 heterocycles. The summed E-state index contributed by atoms with van der Waals surface area (Å²) in [4.78, 5) is 29.5. The zero-order chi connectivity index (χ0) is 21.3. The maximum Gasteiger partial charge on any atom is 0.260 e. The fourth-order valence-electron chi connectivity index (χ4n) is 3.67. The summed E-state index contributed by atoms with van der Waals surface area (Å²) in [6, 6.07) is 13.7. The standard InChI is InChI=1S/C23H24N4O3/c1-14-12-21(26-18-7-4-16(5-8-18)22-24-10-11-30-22)19-13-17(6-9-20(19)25-14)23(29)27(3)15(2)28/h4-11,13-14,21,25-26H,12H2,1-3H3. The Bertz CT molecular complexity index is 1060. The number of aromatic nitrogens is 1. The van der Waals surface area contributed by atoms with Gasteiger partial charge in [0.25, 0.3) is 5.91 Å². The van der Waals surface area contributed by atoms with E-state index in [1.807, 2.05) is 36.4 Å². The molecule has 0 fully saturated rings. The molecule has 0 aliphatic carbocycles. The molecule has 30 heavy (non-hydrogen) atoms. The van der Waals surface area contributed by atoms with Crippen molar-refractivity contribution in [2.75, 3.05) is 17.7 Å². The molecule has 2 aromatic carbocycles. The Kier molecular flexibility index (Phi) is 5.27. The number of oxazole rings is 1. The lowest BCUT2D eigenvalue weighted by Crippen LogP contribution is -2.32. The van der Waals surface area contributed by atoms with E-state index < -0.39 is 0 Å². The van der Waals surface area contributed by atoms with Gasteiger partial charge in [-0.05, 0) is 61.4 Å². The molecule has 7 nitrogen and oxygen atoms in total. The van der Waals surface area contributed by atoms with Gasteiger partial charge in [-0.25, -0.2) is 4.98 Å². The minimum Gasteiger partial charge on any atom is -0.445 e. The normalized spacial score (nSPS) is 17.6. The van der Waals surface area contributed by atoms with Crippen molar-refractivity contribution in [1.29, 1.82) is 0 Å². The highest BCUT2D eigenvalue weighted by atomic mass is 16.3. The number of rotatable bonds is 4. The summed E-state index contributed by atoms with van der Waals surface area (Å²) >= 11 is 0. The molecule has 4 rings (SSSR count). The van der Waals surface area contributed by atoms with Gasteiger partial charge in [0, 0.05) is 42.5 Å². The summed E-state index contributed by atoms with van der Waals surface area (Å²) < 4.78 is 5.34. The molecular weight excluding hydrogens is 380 g/mol. The van der Waals surface area contributed by atoms with Crippen LogP contribution in [0.5, 0.6) is 0 Å². The maximum atomic E-state index is 12.6. The van der Waals surface area contributed by atoms with Crippen molar-refractivity contribution in [3.8, 4) is 11.5 Å². The van der Waals surface area contributed by atoms with Gasteiger partial charge in [-0.1, -0.05) is 0 Å². The molecule has 0 saturated carbocycles. The van der Waals surface area contributed by atoms with Crippen molar-refractivity contribution in [3.05, 3.63) is 66.1 Å². The van der Waals surface area contributed by atoms with E-state index >= 15 is 0 Å². The third-order valence-electron chi connectivity index (χ3n) is 5.35. The number of benzene rings is 2. The summed E-state index contributed by atoms with van der Waals surface area (Å²) in [5.41, 5.74) is 4.36. The highest BCUT2D eigenvalue weighted by Gasteiger charge is 2.26. The van der Waals surface area contributed by atoms with E-state index in [2.05, 4.69) is 22.5 Å². The number of nitrogens with one attached hydrogen (secondary N) is 2. The van der Waals surface area contributed by atoms with E-state index in [1.165, 1.54) is 14.0 Å². The first kappa shape index (κ1) is 19.7. The quantitative estimate of drug-likeness (QED) is 0.673. The highest BCUT2D eigenvalue weighted by molar-refractivity contribution is 6.04. The van der Waals surface area contributed by atoms with Crippen molar-refractivity contribution >= 4 is 23.2 Å². The van der Waals surface area contributed by atoms with Crippen molar-refractivity contribution in [2.24, 2.45) is 0 Å². The van der Waals surface area contributed by atoms with Crippen molar-refractivity contribution in [1.82, 2.24) is 9.88 Å². The van der Waals surface area contributed by atoms with E-state index in [0.29, 0.717) is 11.5 Å². The molecule has 1 aliphatic heterocycles. The van der Waals surface area contributed by atoms with Crippen LogP contribution in [-0.4, -0.2) is 34.8 Å². The summed E-state index contributed by atoms with van der Waals surface area (Å²) in [5.74, 6) is -0.0108. The van der Waals surface area contributed by atoms with Crippen LogP contribution < -0.4 is 10.6 Å². The number of carbonyl (C=O) groups is 2. The van der Waals surface area contributed by atoms with Crippen LogP contribution in [0.15, 0.2) is 59.3 Å². The van der Waals surface area contributed by atoms with Crippen molar-refractivity contribution in [2.45, 2.75) is 32.4 Å². The average Bonchev–Trinajstić information content (AvgIpc) is 3.27. The minimum absolute atomic E-state index is 0.0271. The molecule has 2 amide bonds. The van der Waals surface area contributed by atoms with Crippen LogP contribution in [0.3, 0.4) is 0 Å². The van der Waals surface area contributed by atoms with Crippen LogP contribution in [0.1, 0.15) is 42.2 Å². The SMILES string of the molecule is CC(=O)N(C)C(=O)c1ccc2c(c1)C(Nc1ccc(-c3ncco3)cc1)CC(C)N2. The number of nitrogens with zero attached hydrogens (tertiary/aromatic N) is 2. The van der Waals surface area contributed by atoms with E-state index in [1.54, 1.807) is 18.5 Å². The van der Waals surface area contributed by atoms with Crippen molar-refractivity contribution in [3.63, 3.8) is 0 Å².